The second-order valence-electron chi connectivity index (χ2n) is 4.71. The Morgan fingerprint density at radius 1 is 1.29 bits per heavy atom. The summed E-state index contributed by atoms with van der Waals surface area (Å²) in [6, 6.07) is 5.56. The summed E-state index contributed by atoms with van der Waals surface area (Å²) in [5.74, 6) is 0. The zero-order valence-electron chi connectivity index (χ0n) is 11.9. The van der Waals surface area contributed by atoms with Gasteiger partial charge >= 0.3 is 6.09 Å². The highest BCUT2D eigenvalue weighted by molar-refractivity contribution is 7.89. The summed E-state index contributed by atoms with van der Waals surface area (Å²) in [5.41, 5.74) is 0.935. The number of cyclic esters (lactones) is 1. The molecule has 0 aromatic heterocycles. The quantitative estimate of drug-likeness (QED) is 0.802. The molecule has 0 N–H and O–H groups in total. The maximum absolute atomic E-state index is 12.6. The molecule has 1 fully saturated rings. The van der Waals surface area contributed by atoms with Gasteiger partial charge in [-0.25, -0.2) is 13.2 Å². The van der Waals surface area contributed by atoms with Gasteiger partial charge in [-0.3, -0.25) is 0 Å². The van der Waals surface area contributed by atoms with E-state index in [9.17, 15) is 13.2 Å². The highest BCUT2D eigenvalue weighted by Gasteiger charge is 2.46. The number of allylic oxidation sites excluding steroid dienone is 1. The van der Waals surface area contributed by atoms with Crippen molar-refractivity contribution < 1.29 is 17.9 Å². The van der Waals surface area contributed by atoms with E-state index in [4.69, 9.17) is 4.74 Å². The minimum atomic E-state index is -3.96. The molecule has 21 heavy (non-hydrogen) atoms. The number of rotatable bonds is 4. The Balaban J connectivity index is 2.45. The third-order valence-corrected chi connectivity index (χ3v) is 5.00. The number of hydrogen-bond donors (Lipinski definition) is 0. The molecule has 1 aromatic rings. The Kier molecular flexibility index (Phi) is 4.18. The van der Waals surface area contributed by atoms with Crippen LogP contribution in [0.2, 0.25) is 0 Å². The van der Waals surface area contributed by atoms with Gasteiger partial charge in [0.05, 0.1) is 4.90 Å². The van der Waals surface area contributed by atoms with E-state index in [0.717, 1.165) is 9.87 Å². The summed E-state index contributed by atoms with van der Waals surface area (Å²) in [6.07, 6.45) is 3.20. The summed E-state index contributed by atoms with van der Waals surface area (Å²) < 4.78 is 31.1. The van der Waals surface area contributed by atoms with Crippen LogP contribution in [0.1, 0.15) is 12.5 Å². The summed E-state index contributed by atoms with van der Waals surface area (Å²) in [4.78, 5) is 12.0. The van der Waals surface area contributed by atoms with E-state index in [1.165, 1.54) is 18.2 Å². The summed E-state index contributed by atoms with van der Waals surface area (Å²) >= 11 is 0. The van der Waals surface area contributed by atoms with E-state index in [0.29, 0.717) is 0 Å². The van der Waals surface area contributed by atoms with Crippen LogP contribution in [0.4, 0.5) is 4.79 Å². The molecule has 0 bridgehead atoms. The van der Waals surface area contributed by atoms with E-state index in [1.54, 1.807) is 31.2 Å². The number of aryl methyl sites for hydroxylation is 1. The lowest BCUT2D eigenvalue weighted by Gasteiger charge is -2.20. The maximum Gasteiger partial charge on any atom is 0.425 e. The standard InChI is InChI=1S/C15H17NO4S/c1-4-6-14-13(5-2)16(15(17)20-14)21(18,19)12-9-7-11(3)8-10-12/h4-10,13-14H,2H2,1,3H3/b6-4+/t13-,14-/m1/s1. The normalized spacial score (nSPS) is 22.6. The van der Waals surface area contributed by atoms with Crippen molar-refractivity contribution in [3.05, 3.63) is 54.6 Å². The molecule has 0 radical (unpaired) electrons. The van der Waals surface area contributed by atoms with Gasteiger partial charge in [0.25, 0.3) is 10.0 Å². The van der Waals surface area contributed by atoms with Gasteiger partial charge in [0.1, 0.15) is 12.1 Å². The zero-order valence-corrected chi connectivity index (χ0v) is 12.7. The highest BCUT2D eigenvalue weighted by atomic mass is 32.2. The first-order valence-electron chi connectivity index (χ1n) is 6.49. The average Bonchev–Trinajstić information content (AvgIpc) is 2.76. The van der Waals surface area contributed by atoms with Gasteiger partial charge in [-0.05, 0) is 32.1 Å². The van der Waals surface area contributed by atoms with Crippen molar-refractivity contribution in [2.75, 3.05) is 0 Å². The number of benzene rings is 1. The Hall–Kier alpha value is -2.08. The van der Waals surface area contributed by atoms with Gasteiger partial charge in [-0.15, -0.1) is 6.58 Å². The predicted octanol–water partition coefficient (Wildman–Crippen LogP) is 2.64. The van der Waals surface area contributed by atoms with Crippen LogP contribution in [0.15, 0.2) is 54.0 Å². The Labute approximate surface area is 124 Å². The molecular weight excluding hydrogens is 290 g/mol. The fourth-order valence-corrected chi connectivity index (χ4v) is 3.62. The molecule has 2 atom stereocenters. The number of nitrogens with zero attached hydrogens (tertiary/aromatic N) is 1. The molecule has 1 aromatic carbocycles. The summed E-state index contributed by atoms with van der Waals surface area (Å²) in [6.45, 7) is 7.23. The number of carbonyl (C=O) groups is 1. The zero-order chi connectivity index (χ0) is 15.6. The van der Waals surface area contributed by atoms with Gasteiger partial charge < -0.3 is 4.74 Å². The minimum absolute atomic E-state index is 0.0537. The van der Waals surface area contributed by atoms with E-state index in [2.05, 4.69) is 6.58 Å². The van der Waals surface area contributed by atoms with Crippen molar-refractivity contribution in [3.8, 4) is 0 Å². The molecule has 1 aliphatic heterocycles. The van der Waals surface area contributed by atoms with E-state index >= 15 is 0 Å². The maximum atomic E-state index is 12.6. The van der Waals surface area contributed by atoms with Crippen LogP contribution in [0.25, 0.3) is 0 Å². The van der Waals surface area contributed by atoms with Crippen LogP contribution in [-0.4, -0.2) is 31.0 Å². The molecule has 0 saturated carbocycles. The van der Waals surface area contributed by atoms with Crippen LogP contribution in [0.5, 0.6) is 0 Å². The lowest BCUT2D eigenvalue weighted by molar-refractivity contribution is 0.152. The van der Waals surface area contributed by atoms with Crippen LogP contribution in [0, 0.1) is 6.92 Å². The van der Waals surface area contributed by atoms with Crippen LogP contribution < -0.4 is 0 Å². The largest absolute Gasteiger partial charge is 0.439 e. The fraction of sp³-hybridized carbons (Fsp3) is 0.267. The van der Waals surface area contributed by atoms with Crippen molar-refractivity contribution in [1.82, 2.24) is 4.31 Å². The molecule has 112 valence electrons. The van der Waals surface area contributed by atoms with Crippen molar-refractivity contribution in [1.29, 1.82) is 0 Å². The monoisotopic (exact) mass is 307 g/mol. The molecular formula is C15H17NO4S. The second-order valence-corrected chi connectivity index (χ2v) is 6.53. The van der Waals surface area contributed by atoms with Crippen molar-refractivity contribution >= 4 is 16.1 Å². The predicted molar refractivity (Wildman–Crippen MR) is 79.3 cm³/mol. The summed E-state index contributed by atoms with van der Waals surface area (Å²) in [5, 5.41) is 0. The van der Waals surface area contributed by atoms with Gasteiger partial charge in [0.2, 0.25) is 0 Å². The van der Waals surface area contributed by atoms with E-state index in [-0.39, 0.29) is 4.90 Å². The topological polar surface area (TPSA) is 63.7 Å². The molecule has 1 heterocycles. The molecule has 1 aliphatic rings. The smallest absolute Gasteiger partial charge is 0.425 e. The molecule has 2 rings (SSSR count). The number of amides is 1. The Morgan fingerprint density at radius 2 is 1.90 bits per heavy atom. The Bertz CT molecular complexity index is 676. The first kappa shape index (κ1) is 15.3. The third kappa shape index (κ3) is 2.71. The number of carbonyl (C=O) groups excluding carboxylic acids is 1. The summed E-state index contributed by atoms with van der Waals surface area (Å²) in [7, 11) is -3.96. The Morgan fingerprint density at radius 3 is 2.43 bits per heavy atom. The van der Waals surface area contributed by atoms with Crippen LogP contribution in [-0.2, 0) is 14.8 Å². The van der Waals surface area contributed by atoms with E-state index < -0.39 is 28.3 Å². The first-order chi connectivity index (χ1) is 9.91. The van der Waals surface area contributed by atoms with Crippen molar-refractivity contribution in [2.45, 2.75) is 30.9 Å². The average molecular weight is 307 g/mol. The molecule has 0 unspecified atom stereocenters. The van der Waals surface area contributed by atoms with Crippen LogP contribution >= 0.6 is 0 Å². The van der Waals surface area contributed by atoms with Gasteiger partial charge in [-0.1, -0.05) is 29.8 Å². The lowest BCUT2D eigenvalue weighted by atomic mass is 10.1. The third-order valence-electron chi connectivity index (χ3n) is 3.23. The van der Waals surface area contributed by atoms with Crippen LogP contribution in [0.3, 0.4) is 0 Å². The van der Waals surface area contributed by atoms with Gasteiger partial charge in [0.15, 0.2) is 0 Å². The number of ether oxygens (including phenoxy) is 1. The molecule has 0 spiro atoms. The molecule has 1 amide bonds. The van der Waals surface area contributed by atoms with Crippen molar-refractivity contribution in [2.24, 2.45) is 0 Å². The van der Waals surface area contributed by atoms with Gasteiger partial charge in [0, 0.05) is 0 Å². The SMILES string of the molecule is C=C[C@@H]1[C@@H](/C=C/C)OC(=O)N1S(=O)(=O)c1ccc(C)cc1. The number of hydrogen-bond acceptors (Lipinski definition) is 4. The fourth-order valence-electron chi connectivity index (χ4n) is 2.15. The van der Waals surface area contributed by atoms with Crippen molar-refractivity contribution in [3.63, 3.8) is 0 Å². The van der Waals surface area contributed by atoms with E-state index in [1.807, 2.05) is 6.92 Å². The highest BCUT2D eigenvalue weighted by Crippen LogP contribution is 2.28. The molecule has 0 aliphatic carbocycles. The molecule has 5 nitrogen and oxygen atoms in total. The molecule has 1 saturated heterocycles. The lowest BCUT2D eigenvalue weighted by Crippen LogP contribution is -2.39. The van der Waals surface area contributed by atoms with Gasteiger partial charge in [-0.2, -0.15) is 4.31 Å². The molecule has 6 heteroatoms. The first-order valence-corrected chi connectivity index (χ1v) is 7.93. The number of sulfonamides is 1. The second kappa shape index (κ2) is 5.73. The minimum Gasteiger partial charge on any atom is -0.439 e.